The number of hydrogen-bond donors (Lipinski definition) is 2. The number of carbonyl (C=O) groups is 1. The summed E-state index contributed by atoms with van der Waals surface area (Å²) in [5, 5.41) is 3.54. The fraction of sp³-hybridized carbons (Fsp3) is 0.500. The third-order valence-electron chi connectivity index (χ3n) is 4.99. The second kappa shape index (κ2) is 8.38. The lowest BCUT2D eigenvalue weighted by Crippen LogP contribution is -2.49. The highest BCUT2D eigenvalue weighted by Gasteiger charge is 2.42. The molecule has 0 atom stereocenters. The van der Waals surface area contributed by atoms with Gasteiger partial charge in [-0.05, 0) is 43.0 Å². The summed E-state index contributed by atoms with van der Waals surface area (Å²) in [5.74, 6) is -0.241. The number of rotatable bonds is 6. The molecule has 28 heavy (non-hydrogen) atoms. The predicted molar refractivity (Wildman–Crippen MR) is 107 cm³/mol. The van der Waals surface area contributed by atoms with E-state index in [9.17, 15) is 13.2 Å². The minimum atomic E-state index is -3.43. The number of nitrogens with zero attached hydrogens (tertiary/aromatic N) is 2. The lowest BCUT2D eigenvalue weighted by atomic mass is 9.92. The molecule has 2 heterocycles. The van der Waals surface area contributed by atoms with Crippen LogP contribution < -0.4 is 10.8 Å². The van der Waals surface area contributed by atoms with E-state index in [0.29, 0.717) is 49.6 Å². The van der Waals surface area contributed by atoms with Gasteiger partial charge in [0.05, 0.1) is 0 Å². The third kappa shape index (κ3) is 4.66. The zero-order chi connectivity index (χ0) is 20.4. The van der Waals surface area contributed by atoms with E-state index in [1.807, 2.05) is 24.3 Å². The molecule has 1 amide bonds. The van der Waals surface area contributed by atoms with Crippen molar-refractivity contribution in [3.8, 4) is 0 Å². The van der Waals surface area contributed by atoms with Crippen molar-refractivity contribution in [2.75, 3.05) is 33.7 Å². The summed E-state index contributed by atoms with van der Waals surface area (Å²) in [6.45, 7) is 1.16. The minimum Gasteiger partial charge on any atom is -0.350 e. The van der Waals surface area contributed by atoms with Gasteiger partial charge in [0.1, 0.15) is 11.3 Å². The van der Waals surface area contributed by atoms with Crippen molar-refractivity contribution in [1.29, 1.82) is 0 Å². The summed E-state index contributed by atoms with van der Waals surface area (Å²) in [4.78, 5) is 18.0. The average Bonchev–Trinajstić information content (AvgIpc) is 3.07. The molecule has 1 aromatic rings. The van der Waals surface area contributed by atoms with Crippen molar-refractivity contribution in [3.63, 3.8) is 0 Å². The van der Waals surface area contributed by atoms with Gasteiger partial charge in [-0.15, -0.1) is 0 Å². The molecule has 0 aromatic heterocycles. The van der Waals surface area contributed by atoms with E-state index in [1.54, 1.807) is 6.08 Å². The summed E-state index contributed by atoms with van der Waals surface area (Å²) in [6.07, 6.45) is 3.42. The molecule has 0 unspecified atom stereocenters. The molecule has 10 heteroatoms. The Kier molecular flexibility index (Phi) is 6.31. The summed E-state index contributed by atoms with van der Waals surface area (Å²) in [7, 11) is -0.407. The number of piperidine rings is 1. The van der Waals surface area contributed by atoms with Crippen molar-refractivity contribution in [1.82, 2.24) is 19.4 Å². The second-order valence-corrected chi connectivity index (χ2v) is 9.73. The second-order valence-electron chi connectivity index (χ2n) is 7.15. The zero-order valence-corrected chi connectivity index (χ0v) is 17.5. The molecule has 0 radical (unpaired) electrons. The van der Waals surface area contributed by atoms with Crippen LogP contribution in [0.25, 0.3) is 0 Å². The van der Waals surface area contributed by atoms with E-state index >= 15 is 0 Å². The average molecular weight is 429 g/mol. The topological polar surface area (TPSA) is 91.0 Å². The fourth-order valence-corrected chi connectivity index (χ4v) is 4.46. The fourth-order valence-electron chi connectivity index (χ4n) is 3.23. The molecule has 3 rings (SSSR count). The Morgan fingerprint density at radius 2 is 1.93 bits per heavy atom. The first-order valence-corrected chi connectivity index (χ1v) is 10.9. The molecule has 1 fully saturated rings. The molecule has 1 saturated heterocycles. The number of hydrogen-bond acceptors (Lipinski definition) is 5. The van der Waals surface area contributed by atoms with E-state index in [-0.39, 0.29) is 5.91 Å². The molecule has 0 aliphatic carbocycles. The molecular weight excluding hydrogens is 404 g/mol. The Hall–Kier alpha value is -1.65. The van der Waals surface area contributed by atoms with Crippen LogP contribution >= 0.6 is 11.6 Å². The van der Waals surface area contributed by atoms with Crippen molar-refractivity contribution in [2.24, 2.45) is 0 Å². The number of carbonyl (C=O) groups excluding carboxylic acids is 1. The van der Waals surface area contributed by atoms with Gasteiger partial charge in [-0.2, -0.15) is 17.0 Å². The molecular formula is C18H25ClN4O4S. The molecule has 0 saturated carbocycles. The predicted octanol–water partition coefficient (Wildman–Crippen LogP) is 1.06. The summed E-state index contributed by atoms with van der Waals surface area (Å²) in [5.41, 5.74) is 3.50. The van der Waals surface area contributed by atoms with Crippen LogP contribution in [0.1, 0.15) is 18.4 Å². The molecule has 2 aliphatic rings. The van der Waals surface area contributed by atoms with Gasteiger partial charge in [-0.25, -0.2) is 0 Å². The Labute approximate surface area is 170 Å². The largest absolute Gasteiger partial charge is 0.350 e. The summed E-state index contributed by atoms with van der Waals surface area (Å²) >= 11 is 5.86. The molecule has 0 bridgehead atoms. The smallest absolute Gasteiger partial charge is 0.281 e. The van der Waals surface area contributed by atoms with Crippen LogP contribution in [-0.4, -0.2) is 62.3 Å². The normalized spacial score (nSPS) is 19.5. The number of amides is 1. The lowest BCUT2D eigenvalue weighted by molar-refractivity contribution is -0.120. The van der Waals surface area contributed by atoms with Crippen LogP contribution in [0.2, 0.25) is 5.02 Å². The number of benzene rings is 1. The van der Waals surface area contributed by atoms with Gasteiger partial charge in [-0.1, -0.05) is 23.7 Å². The monoisotopic (exact) mass is 428 g/mol. The van der Waals surface area contributed by atoms with E-state index in [0.717, 1.165) is 5.56 Å². The van der Waals surface area contributed by atoms with Crippen LogP contribution in [0.3, 0.4) is 0 Å². The molecule has 154 valence electrons. The highest BCUT2D eigenvalue weighted by molar-refractivity contribution is 7.86. The lowest BCUT2D eigenvalue weighted by Gasteiger charge is -2.36. The minimum absolute atomic E-state index is 0.241. The number of nitrogens with one attached hydrogen (secondary N) is 2. The SMILES string of the molecule is CN(C)S(=O)(=O)N1CCC2(C=C(C(=O)NCCc3ccc(Cl)cc3)NO2)CC1. The number of hydroxylamine groups is 1. The van der Waals surface area contributed by atoms with Gasteiger partial charge in [0.25, 0.3) is 16.1 Å². The van der Waals surface area contributed by atoms with E-state index in [2.05, 4.69) is 10.8 Å². The Morgan fingerprint density at radius 3 is 2.54 bits per heavy atom. The van der Waals surface area contributed by atoms with Gasteiger partial charge in [0.2, 0.25) is 0 Å². The summed E-state index contributed by atoms with van der Waals surface area (Å²) < 4.78 is 27.1. The third-order valence-corrected chi connectivity index (χ3v) is 7.18. The first-order chi connectivity index (χ1) is 13.2. The molecule has 1 spiro atoms. The molecule has 2 N–H and O–H groups in total. The maximum Gasteiger partial charge on any atom is 0.281 e. The highest BCUT2D eigenvalue weighted by atomic mass is 35.5. The van der Waals surface area contributed by atoms with Gasteiger partial charge >= 0.3 is 0 Å². The number of halogens is 1. The van der Waals surface area contributed by atoms with Crippen LogP contribution in [0.5, 0.6) is 0 Å². The van der Waals surface area contributed by atoms with Crippen LogP contribution in [-0.2, 0) is 26.3 Å². The maximum atomic E-state index is 12.4. The van der Waals surface area contributed by atoms with Crippen molar-refractivity contribution >= 4 is 27.7 Å². The quantitative estimate of drug-likeness (QED) is 0.707. The van der Waals surface area contributed by atoms with Crippen molar-refractivity contribution < 1.29 is 18.0 Å². The molecule has 1 aromatic carbocycles. The van der Waals surface area contributed by atoms with Crippen LogP contribution in [0.4, 0.5) is 0 Å². The first kappa shape index (κ1) is 21.1. The maximum absolute atomic E-state index is 12.4. The first-order valence-electron chi connectivity index (χ1n) is 9.09. The van der Waals surface area contributed by atoms with Crippen molar-refractivity contribution in [3.05, 3.63) is 46.6 Å². The van der Waals surface area contributed by atoms with E-state index in [4.69, 9.17) is 16.4 Å². The standard InChI is InChI=1S/C18H25ClN4O4S/c1-22(2)28(25,26)23-11-8-18(9-12-23)13-16(21-27-18)17(24)20-10-7-14-3-5-15(19)6-4-14/h3-6,13,21H,7-12H2,1-2H3,(H,20,24). The Balaban J connectivity index is 1.52. The van der Waals surface area contributed by atoms with Gasteiger partial charge < -0.3 is 5.32 Å². The van der Waals surface area contributed by atoms with Crippen LogP contribution in [0.15, 0.2) is 36.0 Å². The molecule has 2 aliphatic heterocycles. The zero-order valence-electron chi connectivity index (χ0n) is 15.9. The van der Waals surface area contributed by atoms with Crippen LogP contribution in [0, 0.1) is 0 Å². The summed E-state index contributed by atoms with van der Waals surface area (Å²) in [6, 6.07) is 7.49. The highest BCUT2D eigenvalue weighted by Crippen LogP contribution is 2.32. The van der Waals surface area contributed by atoms with Gasteiger partial charge in [0, 0.05) is 38.8 Å². The van der Waals surface area contributed by atoms with Gasteiger partial charge in [-0.3, -0.25) is 15.1 Å². The van der Waals surface area contributed by atoms with Gasteiger partial charge in [0.15, 0.2) is 0 Å². The Bertz CT molecular complexity index is 847. The van der Waals surface area contributed by atoms with Crippen molar-refractivity contribution in [2.45, 2.75) is 24.9 Å². The Morgan fingerprint density at radius 1 is 1.29 bits per heavy atom. The van der Waals surface area contributed by atoms with E-state index in [1.165, 1.54) is 22.7 Å². The van der Waals surface area contributed by atoms with E-state index < -0.39 is 15.8 Å². The molecule has 8 nitrogen and oxygen atoms in total.